The number of likely N-dealkylation sites (tertiary alicyclic amines) is 1. The van der Waals surface area contributed by atoms with Gasteiger partial charge in [-0.1, -0.05) is 30.3 Å². The zero-order valence-corrected chi connectivity index (χ0v) is 16.9. The number of aromatic amines is 1. The molecule has 1 fully saturated rings. The van der Waals surface area contributed by atoms with Crippen molar-refractivity contribution in [1.29, 1.82) is 0 Å². The highest BCUT2D eigenvalue weighted by Gasteiger charge is 2.30. The number of amides is 1. The summed E-state index contributed by atoms with van der Waals surface area (Å²) >= 11 is 0. The van der Waals surface area contributed by atoms with Crippen LogP contribution in [0.2, 0.25) is 0 Å². The van der Waals surface area contributed by atoms with E-state index in [2.05, 4.69) is 46.3 Å². The molecule has 3 aromatic rings. The summed E-state index contributed by atoms with van der Waals surface area (Å²) in [6, 6.07) is 17.0. The Morgan fingerprint density at radius 1 is 1.14 bits per heavy atom. The van der Waals surface area contributed by atoms with Crippen LogP contribution in [0, 0.1) is 0 Å². The zero-order chi connectivity index (χ0) is 19.8. The van der Waals surface area contributed by atoms with Gasteiger partial charge in [-0.25, -0.2) is 0 Å². The average Bonchev–Trinajstić information content (AvgIpc) is 3.37. The van der Waals surface area contributed by atoms with E-state index < -0.39 is 0 Å². The highest BCUT2D eigenvalue weighted by molar-refractivity contribution is 5.86. The minimum Gasteiger partial charge on any atom is -0.497 e. The lowest BCUT2D eigenvalue weighted by Gasteiger charge is -2.31. The van der Waals surface area contributed by atoms with Gasteiger partial charge in [0.25, 0.3) is 0 Å². The Hall–Kier alpha value is -2.79. The Morgan fingerprint density at radius 3 is 2.79 bits per heavy atom. The van der Waals surface area contributed by atoms with E-state index in [9.17, 15) is 4.79 Å². The van der Waals surface area contributed by atoms with Gasteiger partial charge >= 0.3 is 0 Å². The summed E-state index contributed by atoms with van der Waals surface area (Å²) in [7, 11) is 1.69. The fraction of sp³-hybridized carbons (Fsp3) is 0.375. The number of para-hydroxylation sites is 1. The second-order valence-corrected chi connectivity index (χ2v) is 8.09. The van der Waals surface area contributed by atoms with E-state index in [-0.39, 0.29) is 5.91 Å². The zero-order valence-electron chi connectivity index (χ0n) is 16.9. The number of rotatable bonds is 4. The number of fused-ring (bicyclic) bond motifs is 3. The van der Waals surface area contributed by atoms with Gasteiger partial charge in [0.2, 0.25) is 5.91 Å². The van der Waals surface area contributed by atoms with E-state index in [0.29, 0.717) is 19.1 Å². The van der Waals surface area contributed by atoms with Gasteiger partial charge in [-0.05, 0) is 43.1 Å². The largest absolute Gasteiger partial charge is 0.497 e. The van der Waals surface area contributed by atoms with Crippen molar-refractivity contribution in [3.8, 4) is 5.75 Å². The third-order valence-electron chi connectivity index (χ3n) is 6.44. The van der Waals surface area contributed by atoms with E-state index in [1.54, 1.807) is 7.11 Å². The summed E-state index contributed by atoms with van der Waals surface area (Å²) in [5.41, 5.74) is 5.01. The molecule has 0 radical (unpaired) electrons. The molecule has 5 nitrogen and oxygen atoms in total. The van der Waals surface area contributed by atoms with Gasteiger partial charge in [0, 0.05) is 47.7 Å². The van der Waals surface area contributed by atoms with Gasteiger partial charge in [-0.2, -0.15) is 0 Å². The topological polar surface area (TPSA) is 48.6 Å². The number of hydrogen-bond donors (Lipinski definition) is 1. The highest BCUT2D eigenvalue weighted by atomic mass is 16.5. The number of aromatic nitrogens is 1. The lowest BCUT2D eigenvalue weighted by molar-refractivity contribution is -0.133. The van der Waals surface area contributed by atoms with Crippen LogP contribution < -0.4 is 4.74 Å². The fourth-order valence-corrected chi connectivity index (χ4v) is 4.87. The smallest absolute Gasteiger partial charge is 0.237 e. The standard InChI is InChI=1S/C24H27N3O2/c1-29-18-10-8-17(9-11-18)23-7-4-13-26(23)16-24(28)27-14-12-22-20(15-27)19-5-2-3-6-21(19)25-22/h2-3,5-6,8-11,23,25H,4,7,12-16H2,1H3/t23-/m1/s1. The molecular weight excluding hydrogens is 362 g/mol. The van der Waals surface area contributed by atoms with Crippen molar-refractivity contribution in [3.05, 3.63) is 65.4 Å². The number of hydrogen-bond acceptors (Lipinski definition) is 3. The molecule has 0 unspecified atom stereocenters. The summed E-state index contributed by atoms with van der Waals surface area (Å²) < 4.78 is 5.28. The lowest BCUT2D eigenvalue weighted by atomic mass is 10.0. The quantitative estimate of drug-likeness (QED) is 0.736. The fourth-order valence-electron chi connectivity index (χ4n) is 4.87. The van der Waals surface area contributed by atoms with E-state index in [1.165, 1.54) is 27.7 Å². The molecule has 5 heteroatoms. The molecule has 0 saturated carbocycles. The third-order valence-corrected chi connectivity index (χ3v) is 6.44. The first kappa shape index (κ1) is 18.3. The van der Waals surface area contributed by atoms with Crippen LogP contribution in [-0.4, -0.2) is 47.4 Å². The Kier molecular flexibility index (Phi) is 4.76. The average molecular weight is 389 g/mol. The van der Waals surface area contributed by atoms with Crippen molar-refractivity contribution in [2.24, 2.45) is 0 Å². The van der Waals surface area contributed by atoms with E-state index in [0.717, 1.165) is 38.1 Å². The van der Waals surface area contributed by atoms with Crippen molar-refractivity contribution in [3.63, 3.8) is 0 Å². The molecule has 1 saturated heterocycles. The van der Waals surface area contributed by atoms with E-state index in [4.69, 9.17) is 4.74 Å². The molecule has 150 valence electrons. The summed E-state index contributed by atoms with van der Waals surface area (Å²) in [5.74, 6) is 1.11. The number of benzene rings is 2. The van der Waals surface area contributed by atoms with Gasteiger partial charge in [-0.15, -0.1) is 0 Å². The maximum absolute atomic E-state index is 13.2. The van der Waals surface area contributed by atoms with Gasteiger partial charge in [-0.3, -0.25) is 9.69 Å². The van der Waals surface area contributed by atoms with Crippen LogP contribution in [0.4, 0.5) is 0 Å². The van der Waals surface area contributed by atoms with Crippen LogP contribution in [0.15, 0.2) is 48.5 Å². The number of H-pyrrole nitrogens is 1. The van der Waals surface area contributed by atoms with Crippen LogP contribution in [0.5, 0.6) is 5.75 Å². The first-order chi connectivity index (χ1) is 14.2. The minimum absolute atomic E-state index is 0.237. The molecule has 2 aliphatic heterocycles. The summed E-state index contributed by atoms with van der Waals surface area (Å²) in [6.07, 6.45) is 3.14. The molecule has 0 aliphatic carbocycles. The van der Waals surface area contributed by atoms with Crippen LogP contribution in [-0.2, 0) is 17.8 Å². The van der Waals surface area contributed by atoms with Crippen molar-refractivity contribution >= 4 is 16.8 Å². The monoisotopic (exact) mass is 389 g/mol. The number of carbonyl (C=O) groups is 1. The Labute approximate surface area is 171 Å². The maximum Gasteiger partial charge on any atom is 0.237 e. The molecule has 0 spiro atoms. The van der Waals surface area contributed by atoms with Crippen LogP contribution in [0.3, 0.4) is 0 Å². The number of nitrogens with one attached hydrogen (secondary N) is 1. The summed E-state index contributed by atoms with van der Waals surface area (Å²) in [5, 5.41) is 1.25. The lowest BCUT2D eigenvalue weighted by Crippen LogP contribution is -2.42. The van der Waals surface area contributed by atoms with Gasteiger partial charge in [0.05, 0.1) is 13.7 Å². The molecule has 1 aromatic heterocycles. The van der Waals surface area contributed by atoms with Crippen LogP contribution >= 0.6 is 0 Å². The molecular formula is C24H27N3O2. The van der Waals surface area contributed by atoms with Crippen molar-refractivity contribution in [2.75, 3.05) is 26.7 Å². The molecule has 1 atom stereocenters. The molecule has 2 aromatic carbocycles. The summed E-state index contributed by atoms with van der Waals surface area (Å²) in [4.78, 5) is 21.1. The molecule has 2 aliphatic rings. The minimum atomic E-state index is 0.237. The molecule has 29 heavy (non-hydrogen) atoms. The normalized spacial score (nSPS) is 19.5. The van der Waals surface area contributed by atoms with Crippen LogP contribution in [0.25, 0.3) is 10.9 Å². The first-order valence-electron chi connectivity index (χ1n) is 10.5. The van der Waals surface area contributed by atoms with Gasteiger partial charge in [0.1, 0.15) is 5.75 Å². The Balaban J connectivity index is 1.29. The molecule has 3 heterocycles. The second kappa shape index (κ2) is 7.56. The predicted molar refractivity (Wildman–Crippen MR) is 114 cm³/mol. The highest BCUT2D eigenvalue weighted by Crippen LogP contribution is 2.33. The molecule has 5 rings (SSSR count). The number of carbonyl (C=O) groups excluding carboxylic acids is 1. The molecule has 1 amide bonds. The van der Waals surface area contributed by atoms with Crippen molar-refractivity contribution in [2.45, 2.75) is 31.8 Å². The first-order valence-corrected chi connectivity index (χ1v) is 10.5. The molecule has 1 N–H and O–H groups in total. The van der Waals surface area contributed by atoms with Crippen LogP contribution in [0.1, 0.15) is 35.7 Å². The number of methoxy groups -OCH3 is 1. The predicted octanol–water partition coefficient (Wildman–Crippen LogP) is 3.90. The summed E-state index contributed by atoms with van der Waals surface area (Å²) in [6.45, 7) is 2.97. The number of nitrogens with zero attached hydrogens (tertiary/aromatic N) is 2. The Bertz CT molecular complexity index is 1020. The SMILES string of the molecule is COc1ccc([C@H]2CCCN2CC(=O)N2CCc3[nH]c4ccccc4c3C2)cc1. The van der Waals surface area contributed by atoms with Gasteiger partial charge < -0.3 is 14.6 Å². The Morgan fingerprint density at radius 2 is 1.97 bits per heavy atom. The van der Waals surface area contributed by atoms with Crippen molar-refractivity contribution in [1.82, 2.24) is 14.8 Å². The number of ether oxygens (including phenoxy) is 1. The third kappa shape index (κ3) is 3.40. The van der Waals surface area contributed by atoms with E-state index in [1.807, 2.05) is 17.0 Å². The molecule has 0 bridgehead atoms. The second-order valence-electron chi connectivity index (χ2n) is 8.09. The van der Waals surface area contributed by atoms with Gasteiger partial charge in [0.15, 0.2) is 0 Å². The maximum atomic E-state index is 13.2. The van der Waals surface area contributed by atoms with Crippen molar-refractivity contribution < 1.29 is 9.53 Å². The van der Waals surface area contributed by atoms with E-state index >= 15 is 0 Å².